The van der Waals surface area contributed by atoms with Crippen LogP contribution in [0, 0.1) is 0 Å². The van der Waals surface area contributed by atoms with Crippen molar-refractivity contribution in [2.75, 3.05) is 6.54 Å². The van der Waals surface area contributed by atoms with Gasteiger partial charge in [0, 0.05) is 12.6 Å². The van der Waals surface area contributed by atoms with Gasteiger partial charge in [-0.3, -0.25) is 4.79 Å². The lowest BCUT2D eigenvalue weighted by molar-refractivity contribution is -0.138. The van der Waals surface area contributed by atoms with Crippen molar-refractivity contribution in [3.63, 3.8) is 0 Å². The number of amides is 1. The van der Waals surface area contributed by atoms with E-state index in [-0.39, 0.29) is 24.9 Å². The Labute approximate surface area is 115 Å². The van der Waals surface area contributed by atoms with Crippen LogP contribution in [0.1, 0.15) is 24.5 Å². The largest absolute Gasteiger partial charge is 0.416 e. The van der Waals surface area contributed by atoms with E-state index in [0.29, 0.717) is 12.0 Å². The SMILES string of the molecule is C[C@H]1C[C@H](O)CN1C(=O)Cc1cccc(C(F)(F)F)c1. The van der Waals surface area contributed by atoms with Gasteiger partial charge in [0.05, 0.1) is 18.1 Å². The zero-order valence-corrected chi connectivity index (χ0v) is 11.0. The summed E-state index contributed by atoms with van der Waals surface area (Å²) < 4.78 is 37.8. The summed E-state index contributed by atoms with van der Waals surface area (Å²) >= 11 is 0. The number of carbonyl (C=O) groups is 1. The Morgan fingerprint density at radius 3 is 2.70 bits per heavy atom. The molecular weight excluding hydrogens is 271 g/mol. The van der Waals surface area contributed by atoms with E-state index in [1.54, 1.807) is 0 Å². The van der Waals surface area contributed by atoms with Crippen molar-refractivity contribution < 1.29 is 23.1 Å². The van der Waals surface area contributed by atoms with E-state index < -0.39 is 17.8 Å². The van der Waals surface area contributed by atoms with E-state index in [0.717, 1.165) is 12.1 Å². The second-order valence-electron chi connectivity index (χ2n) is 5.16. The summed E-state index contributed by atoms with van der Waals surface area (Å²) in [4.78, 5) is 13.6. The molecular formula is C14H16F3NO2. The number of halogens is 3. The fraction of sp³-hybridized carbons (Fsp3) is 0.500. The van der Waals surface area contributed by atoms with Gasteiger partial charge in [0.1, 0.15) is 0 Å². The Balaban J connectivity index is 2.09. The number of aliphatic hydroxyl groups is 1. The molecule has 1 N–H and O–H groups in total. The van der Waals surface area contributed by atoms with Crippen LogP contribution >= 0.6 is 0 Å². The molecule has 6 heteroatoms. The predicted molar refractivity (Wildman–Crippen MR) is 66.9 cm³/mol. The van der Waals surface area contributed by atoms with Crippen LogP contribution < -0.4 is 0 Å². The number of carbonyl (C=O) groups excluding carboxylic acids is 1. The molecule has 2 rings (SSSR count). The van der Waals surface area contributed by atoms with Crippen molar-refractivity contribution in [1.82, 2.24) is 4.90 Å². The molecule has 1 saturated heterocycles. The fourth-order valence-corrected chi connectivity index (χ4v) is 2.48. The summed E-state index contributed by atoms with van der Waals surface area (Å²) in [6.45, 7) is 2.07. The van der Waals surface area contributed by atoms with Crippen molar-refractivity contribution in [2.24, 2.45) is 0 Å². The molecule has 0 aromatic heterocycles. The van der Waals surface area contributed by atoms with Gasteiger partial charge in [-0.2, -0.15) is 13.2 Å². The monoisotopic (exact) mass is 287 g/mol. The van der Waals surface area contributed by atoms with E-state index in [9.17, 15) is 23.1 Å². The minimum Gasteiger partial charge on any atom is -0.391 e. The molecule has 0 saturated carbocycles. The molecule has 2 atom stereocenters. The van der Waals surface area contributed by atoms with Crippen LogP contribution in [0.2, 0.25) is 0 Å². The summed E-state index contributed by atoms with van der Waals surface area (Å²) in [6, 6.07) is 4.70. The van der Waals surface area contributed by atoms with E-state index in [1.807, 2.05) is 6.92 Å². The Morgan fingerprint density at radius 1 is 1.45 bits per heavy atom. The average molecular weight is 287 g/mol. The molecule has 0 spiro atoms. The molecule has 1 aliphatic heterocycles. The highest BCUT2D eigenvalue weighted by molar-refractivity contribution is 5.79. The van der Waals surface area contributed by atoms with Crippen LogP contribution in [0.15, 0.2) is 24.3 Å². The Kier molecular flexibility index (Phi) is 4.04. The molecule has 1 aliphatic rings. The van der Waals surface area contributed by atoms with Gasteiger partial charge in [0.15, 0.2) is 0 Å². The number of hydrogen-bond acceptors (Lipinski definition) is 2. The third-order valence-corrected chi connectivity index (χ3v) is 3.48. The van der Waals surface area contributed by atoms with Gasteiger partial charge in [0.25, 0.3) is 0 Å². The first-order valence-electron chi connectivity index (χ1n) is 6.41. The zero-order chi connectivity index (χ0) is 14.9. The number of alkyl halides is 3. The maximum atomic E-state index is 12.6. The van der Waals surface area contributed by atoms with Crippen molar-refractivity contribution in [3.05, 3.63) is 35.4 Å². The molecule has 0 aliphatic carbocycles. The van der Waals surface area contributed by atoms with Crippen LogP contribution in [0.4, 0.5) is 13.2 Å². The lowest BCUT2D eigenvalue weighted by atomic mass is 10.1. The van der Waals surface area contributed by atoms with Gasteiger partial charge in [-0.25, -0.2) is 0 Å². The lowest BCUT2D eigenvalue weighted by Crippen LogP contribution is -2.35. The maximum absolute atomic E-state index is 12.6. The normalized spacial score (nSPS) is 23.1. The smallest absolute Gasteiger partial charge is 0.391 e. The van der Waals surface area contributed by atoms with Crippen LogP contribution in [0.5, 0.6) is 0 Å². The van der Waals surface area contributed by atoms with E-state index in [2.05, 4.69) is 0 Å². The minimum absolute atomic E-state index is 0.0803. The average Bonchev–Trinajstić information content (AvgIpc) is 2.68. The minimum atomic E-state index is -4.41. The Hall–Kier alpha value is -1.56. The van der Waals surface area contributed by atoms with Gasteiger partial charge in [-0.15, -0.1) is 0 Å². The van der Waals surface area contributed by atoms with Crippen molar-refractivity contribution >= 4 is 5.91 Å². The quantitative estimate of drug-likeness (QED) is 0.906. The van der Waals surface area contributed by atoms with Gasteiger partial charge in [-0.05, 0) is 25.0 Å². The van der Waals surface area contributed by atoms with Gasteiger partial charge in [0.2, 0.25) is 5.91 Å². The second kappa shape index (κ2) is 5.44. The summed E-state index contributed by atoms with van der Waals surface area (Å²) in [5, 5.41) is 9.49. The molecule has 0 radical (unpaired) electrons. The number of benzene rings is 1. The topological polar surface area (TPSA) is 40.5 Å². The number of rotatable bonds is 2. The third kappa shape index (κ3) is 3.30. The van der Waals surface area contributed by atoms with Gasteiger partial charge < -0.3 is 10.0 Å². The summed E-state index contributed by atoms with van der Waals surface area (Å²) in [5.74, 6) is -0.256. The molecule has 1 aromatic carbocycles. The molecule has 1 amide bonds. The van der Waals surface area contributed by atoms with Gasteiger partial charge >= 0.3 is 6.18 Å². The number of hydrogen-bond donors (Lipinski definition) is 1. The number of likely N-dealkylation sites (tertiary alicyclic amines) is 1. The first-order valence-corrected chi connectivity index (χ1v) is 6.41. The van der Waals surface area contributed by atoms with Gasteiger partial charge in [-0.1, -0.05) is 18.2 Å². The predicted octanol–water partition coefficient (Wildman–Crippen LogP) is 2.23. The summed E-state index contributed by atoms with van der Waals surface area (Å²) in [6.07, 6.45) is -4.53. The van der Waals surface area contributed by atoms with Crippen molar-refractivity contribution in [1.29, 1.82) is 0 Å². The molecule has 1 aromatic rings. The van der Waals surface area contributed by atoms with Crippen molar-refractivity contribution in [2.45, 2.75) is 38.1 Å². The van der Waals surface area contributed by atoms with E-state index in [4.69, 9.17) is 0 Å². The summed E-state index contributed by atoms with van der Waals surface area (Å²) in [5.41, 5.74) is -0.421. The molecule has 0 unspecified atom stereocenters. The van der Waals surface area contributed by atoms with E-state index >= 15 is 0 Å². The first-order chi connectivity index (χ1) is 9.27. The number of aliphatic hydroxyl groups excluding tert-OH is 1. The number of nitrogens with zero attached hydrogens (tertiary/aromatic N) is 1. The first kappa shape index (κ1) is 14.8. The lowest BCUT2D eigenvalue weighted by Gasteiger charge is -2.21. The van der Waals surface area contributed by atoms with Crippen LogP contribution in [0.25, 0.3) is 0 Å². The zero-order valence-electron chi connectivity index (χ0n) is 11.0. The Morgan fingerprint density at radius 2 is 2.15 bits per heavy atom. The number of β-amino-alcohol motifs (C(OH)–C–C–N with tert-alkyl or cyclic N) is 1. The maximum Gasteiger partial charge on any atom is 0.416 e. The fourth-order valence-electron chi connectivity index (χ4n) is 2.48. The van der Waals surface area contributed by atoms with Crippen LogP contribution in [-0.4, -0.2) is 34.6 Å². The third-order valence-electron chi connectivity index (χ3n) is 3.48. The Bertz CT molecular complexity index is 501. The molecule has 3 nitrogen and oxygen atoms in total. The highest BCUT2D eigenvalue weighted by Gasteiger charge is 2.32. The van der Waals surface area contributed by atoms with Crippen LogP contribution in [0.3, 0.4) is 0 Å². The highest BCUT2D eigenvalue weighted by atomic mass is 19.4. The standard InChI is InChI=1S/C14H16F3NO2/c1-9-5-12(19)8-18(9)13(20)7-10-3-2-4-11(6-10)14(15,16)17/h2-4,6,9,12,19H,5,7-8H2,1H3/t9-,12-/m0/s1. The molecule has 0 bridgehead atoms. The molecule has 1 fully saturated rings. The highest BCUT2D eigenvalue weighted by Crippen LogP contribution is 2.29. The molecule has 1 heterocycles. The summed E-state index contributed by atoms with van der Waals surface area (Å²) in [7, 11) is 0. The second-order valence-corrected chi connectivity index (χ2v) is 5.16. The van der Waals surface area contributed by atoms with Crippen LogP contribution in [-0.2, 0) is 17.4 Å². The molecule has 20 heavy (non-hydrogen) atoms. The van der Waals surface area contributed by atoms with Crippen molar-refractivity contribution in [3.8, 4) is 0 Å². The van der Waals surface area contributed by atoms with E-state index in [1.165, 1.54) is 17.0 Å². The molecule has 110 valence electrons.